The van der Waals surface area contributed by atoms with Crippen molar-refractivity contribution in [3.8, 4) is 0 Å². The number of rotatable bonds is 0. The molecule has 2 rings (SSSR count). The molecule has 12 heavy (non-hydrogen) atoms. The number of fused-ring (bicyclic) bond motifs is 2. The highest BCUT2D eigenvalue weighted by atomic mass is 14.7. The zero-order valence-corrected chi connectivity index (χ0v) is 8.83. The van der Waals surface area contributed by atoms with Crippen LogP contribution < -0.4 is 0 Å². The monoisotopic (exact) mass is 164 g/mol. The van der Waals surface area contributed by atoms with Gasteiger partial charge in [-0.3, -0.25) is 0 Å². The highest BCUT2D eigenvalue weighted by molar-refractivity contribution is 5.30. The molecular weight excluding hydrogens is 144 g/mol. The molecule has 2 saturated carbocycles. The van der Waals surface area contributed by atoms with E-state index in [4.69, 9.17) is 0 Å². The Bertz CT molecular complexity index is 249. The van der Waals surface area contributed by atoms with Gasteiger partial charge in [0.15, 0.2) is 0 Å². The van der Waals surface area contributed by atoms with Gasteiger partial charge in [-0.25, -0.2) is 0 Å². The second kappa shape index (κ2) is 1.81. The fraction of sp³-hybridized carbons (Fsp3) is 0.833. The molecule has 0 heterocycles. The van der Waals surface area contributed by atoms with Crippen molar-refractivity contribution in [1.29, 1.82) is 0 Å². The molecule has 0 aromatic heterocycles. The molecule has 0 aromatic carbocycles. The Kier molecular flexibility index (Phi) is 1.26. The predicted molar refractivity (Wildman–Crippen MR) is 53.0 cm³/mol. The molecule has 2 fully saturated rings. The van der Waals surface area contributed by atoms with Gasteiger partial charge in [0.05, 0.1) is 0 Å². The second-order valence-corrected chi connectivity index (χ2v) is 5.80. The van der Waals surface area contributed by atoms with E-state index in [2.05, 4.69) is 34.3 Å². The van der Waals surface area contributed by atoms with E-state index >= 15 is 0 Å². The average Bonchev–Trinajstić information content (AvgIpc) is 2.18. The molecule has 0 heteroatoms. The molecule has 68 valence electrons. The van der Waals surface area contributed by atoms with Crippen LogP contribution in [0, 0.1) is 16.2 Å². The van der Waals surface area contributed by atoms with Gasteiger partial charge in [-0.05, 0) is 35.5 Å². The van der Waals surface area contributed by atoms with E-state index in [9.17, 15) is 0 Å². The Balaban J connectivity index is 2.56. The number of allylic oxidation sites excluding steroid dienone is 1. The third-order valence-corrected chi connectivity index (χ3v) is 5.45. The minimum Gasteiger partial charge on any atom is -0.0993 e. The smallest absolute Gasteiger partial charge is 0.00622 e. The minimum absolute atomic E-state index is 0.432. The van der Waals surface area contributed by atoms with Gasteiger partial charge in [0, 0.05) is 0 Å². The lowest BCUT2D eigenvalue weighted by Crippen LogP contribution is -2.32. The molecule has 0 aliphatic heterocycles. The van der Waals surface area contributed by atoms with Crippen LogP contribution in [0.2, 0.25) is 0 Å². The summed E-state index contributed by atoms with van der Waals surface area (Å²) >= 11 is 0. The number of hydrogen-bond donors (Lipinski definition) is 0. The third kappa shape index (κ3) is 0.582. The lowest BCUT2D eigenvalue weighted by atomic mass is 9.65. The van der Waals surface area contributed by atoms with Crippen molar-refractivity contribution in [2.24, 2.45) is 16.2 Å². The van der Waals surface area contributed by atoms with Crippen LogP contribution in [0.1, 0.15) is 47.0 Å². The summed E-state index contributed by atoms with van der Waals surface area (Å²) in [5, 5.41) is 0. The lowest BCUT2D eigenvalue weighted by molar-refractivity contribution is 0.108. The SMILES string of the molecule is C=C1CC2(C)CCC1(C)C2(C)C. The van der Waals surface area contributed by atoms with Crippen LogP contribution in [0.5, 0.6) is 0 Å². The van der Waals surface area contributed by atoms with Gasteiger partial charge in [0.1, 0.15) is 0 Å². The Hall–Kier alpha value is -0.260. The van der Waals surface area contributed by atoms with Crippen LogP contribution >= 0.6 is 0 Å². The van der Waals surface area contributed by atoms with Crippen LogP contribution in [-0.4, -0.2) is 0 Å². The van der Waals surface area contributed by atoms with Crippen molar-refractivity contribution in [2.45, 2.75) is 47.0 Å². The normalized spacial score (nSPS) is 50.2. The third-order valence-electron chi connectivity index (χ3n) is 5.45. The molecule has 2 aliphatic carbocycles. The molecule has 0 spiro atoms. The maximum absolute atomic E-state index is 4.25. The maximum atomic E-state index is 4.25. The molecule has 2 atom stereocenters. The topological polar surface area (TPSA) is 0 Å². The van der Waals surface area contributed by atoms with Crippen molar-refractivity contribution in [3.63, 3.8) is 0 Å². The molecule has 0 amide bonds. The van der Waals surface area contributed by atoms with Crippen molar-refractivity contribution in [1.82, 2.24) is 0 Å². The van der Waals surface area contributed by atoms with E-state index in [1.54, 1.807) is 0 Å². The summed E-state index contributed by atoms with van der Waals surface area (Å²) in [5.74, 6) is 0. The molecule has 2 bridgehead atoms. The van der Waals surface area contributed by atoms with Crippen LogP contribution in [0.4, 0.5) is 0 Å². The molecule has 2 aliphatic rings. The standard InChI is InChI=1S/C12H20/c1-9-8-11(4)6-7-12(9,5)10(11,2)3/h1,6-8H2,2-5H3. The van der Waals surface area contributed by atoms with Gasteiger partial charge in [0.2, 0.25) is 0 Å². The largest absolute Gasteiger partial charge is 0.0993 e. The summed E-state index contributed by atoms with van der Waals surface area (Å²) in [4.78, 5) is 0. The van der Waals surface area contributed by atoms with E-state index in [0.717, 1.165) is 0 Å². The summed E-state index contributed by atoms with van der Waals surface area (Å²) in [5.41, 5.74) is 2.94. The zero-order valence-electron chi connectivity index (χ0n) is 8.83. The molecular formula is C12H20. The van der Waals surface area contributed by atoms with Crippen LogP contribution in [0.25, 0.3) is 0 Å². The quantitative estimate of drug-likeness (QED) is 0.478. The molecule has 0 saturated heterocycles. The molecule has 2 unspecified atom stereocenters. The first kappa shape index (κ1) is 8.34. The Labute approximate surface area is 76.1 Å². The fourth-order valence-corrected chi connectivity index (χ4v) is 3.41. The van der Waals surface area contributed by atoms with E-state index in [1.165, 1.54) is 24.8 Å². The lowest BCUT2D eigenvalue weighted by Gasteiger charge is -2.38. The highest BCUT2D eigenvalue weighted by Gasteiger charge is 2.64. The predicted octanol–water partition coefficient (Wildman–Crippen LogP) is 3.78. The van der Waals surface area contributed by atoms with E-state index in [-0.39, 0.29) is 0 Å². The van der Waals surface area contributed by atoms with E-state index < -0.39 is 0 Å². The Morgan fingerprint density at radius 1 is 1.08 bits per heavy atom. The van der Waals surface area contributed by atoms with Crippen LogP contribution in [0.15, 0.2) is 12.2 Å². The first-order valence-electron chi connectivity index (χ1n) is 5.02. The van der Waals surface area contributed by atoms with Crippen molar-refractivity contribution in [2.75, 3.05) is 0 Å². The van der Waals surface area contributed by atoms with Gasteiger partial charge in [-0.1, -0.05) is 39.8 Å². The molecule has 0 nitrogen and oxygen atoms in total. The molecule has 0 radical (unpaired) electrons. The summed E-state index contributed by atoms with van der Waals surface area (Å²) in [7, 11) is 0. The van der Waals surface area contributed by atoms with Crippen molar-refractivity contribution in [3.05, 3.63) is 12.2 Å². The first-order chi connectivity index (χ1) is 5.33. The average molecular weight is 164 g/mol. The summed E-state index contributed by atoms with van der Waals surface area (Å²) in [6, 6.07) is 0. The number of hydrogen-bond acceptors (Lipinski definition) is 0. The van der Waals surface area contributed by atoms with Crippen LogP contribution in [-0.2, 0) is 0 Å². The first-order valence-corrected chi connectivity index (χ1v) is 5.02. The van der Waals surface area contributed by atoms with E-state index in [1.807, 2.05) is 0 Å². The second-order valence-electron chi connectivity index (χ2n) is 5.80. The minimum atomic E-state index is 0.432. The summed E-state index contributed by atoms with van der Waals surface area (Å²) in [6.45, 7) is 14.0. The van der Waals surface area contributed by atoms with Crippen molar-refractivity contribution < 1.29 is 0 Å². The van der Waals surface area contributed by atoms with Gasteiger partial charge in [0.25, 0.3) is 0 Å². The van der Waals surface area contributed by atoms with Gasteiger partial charge < -0.3 is 0 Å². The van der Waals surface area contributed by atoms with Crippen LogP contribution in [0.3, 0.4) is 0 Å². The zero-order chi connectivity index (χ0) is 9.20. The summed E-state index contributed by atoms with van der Waals surface area (Å²) in [6.07, 6.45) is 4.02. The van der Waals surface area contributed by atoms with E-state index in [0.29, 0.717) is 16.2 Å². The Morgan fingerprint density at radius 2 is 1.67 bits per heavy atom. The fourth-order valence-electron chi connectivity index (χ4n) is 3.41. The Morgan fingerprint density at radius 3 is 1.83 bits per heavy atom. The van der Waals surface area contributed by atoms with Gasteiger partial charge >= 0.3 is 0 Å². The van der Waals surface area contributed by atoms with Crippen molar-refractivity contribution >= 4 is 0 Å². The highest BCUT2D eigenvalue weighted by Crippen LogP contribution is 2.73. The van der Waals surface area contributed by atoms with Gasteiger partial charge in [-0.15, -0.1) is 0 Å². The summed E-state index contributed by atoms with van der Waals surface area (Å²) < 4.78 is 0. The molecule has 0 N–H and O–H groups in total. The maximum Gasteiger partial charge on any atom is -0.00622 e. The molecule has 0 aromatic rings. The van der Waals surface area contributed by atoms with Gasteiger partial charge in [-0.2, -0.15) is 0 Å².